The zero-order valence-corrected chi connectivity index (χ0v) is 21.1. The molecule has 192 valence electrons. The second-order valence-electron chi connectivity index (χ2n) is 8.45. The number of rotatable bonds is 8. The van der Waals surface area contributed by atoms with E-state index < -0.39 is 33.8 Å². The summed E-state index contributed by atoms with van der Waals surface area (Å²) in [5, 5.41) is 0. The van der Waals surface area contributed by atoms with E-state index in [1.807, 2.05) is 0 Å². The Bertz CT molecular complexity index is 1310. The van der Waals surface area contributed by atoms with Crippen molar-refractivity contribution in [3.8, 4) is 0 Å². The summed E-state index contributed by atoms with van der Waals surface area (Å²) in [5.41, 5.74) is 0.361. The summed E-state index contributed by atoms with van der Waals surface area (Å²) in [5.74, 6) is -0.506. The number of hydrogen-bond acceptors (Lipinski definition) is 5. The summed E-state index contributed by atoms with van der Waals surface area (Å²) >= 11 is 0. The van der Waals surface area contributed by atoms with Gasteiger partial charge in [-0.25, -0.2) is 13.2 Å². The molecule has 0 aromatic heterocycles. The fraction of sp³-hybridized carbons (Fsp3) is 0.269. The van der Waals surface area contributed by atoms with E-state index in [0.29, 0.717) is 11.1 Å². The van der Waals surface area contributed by atoms with Gasteiger partial charge in [0, 0.05) is 19.6 Å². The number of halogens is 3. The Labute approximate surface area is 209 Å². The third-order valence-corrected chi connectivity index (χ3v) is 7.52. The number of methoxy groups -OCH3 is 1. The number of hydrogen-bond donors (Lipinski definition) is 0. The first-order valence-corrected chi connectivity index (χ1v) is 12.5. The van der Waals surface area contributed by atoms with Crippen LogP contribution in [0.15, 0.2) is 77.7 Å². The van der Waals surface area contributed by atoms with Crippen LogP contribution in [-0.4, -0.2) is 34.6 Å². The predicted octanol–water partition coefficient (Wildman–Crippen LogP) is 5.73. The second-order valence-corrected chi connectivity index (χ2v) is 10.3. The summed E-state index contributed by atoms with van der Waals surface area (Å²) in [6, 6.07) is 16.6. The van der Waals surface area contributed by atoms with Crippen LogP contribution in [0, 0.1) is 0 Å². The first-order chi connectivity index (χ1) is 16.9. The summed E-state index contributed by atoms with van der Waals surface area (Å²) in [7, 11) is -1.22. The maximum atomic E-state index is 13.6. The quantitative estimate of drug-likeness (QED) is 0.355. The van der Waals surface area contributed by atoms with Gasteiger partial charge >= 0.3 is 12.1 Å². The monoisotopic (exact) mass is 520 g/mol. The summed E-state index contributed by atoms with van der Waals surface area (Å²) < 4.78 is 73.8. The highest BCUT2D eigenvalue weighted by Gasteiger charge is 2.34. The molecule has 0 aliphatic heterocycles. The van der Waals surface area contributed by atoms with Crippen LogP contribution in [0.3, 0.4) is 0 Å². The lowest BCUT2D eigenvalue weighted by atomic mass is 10.1. The lowest BCUT2D eigenvalue weighted by Gasteiger charge is -2.33. The lowest BCUT2D eigenvalue weighted by Crippen LogP contribution is -2.38. The molecule has 0 amide bonds. The number of sulfonamides is 1. The Kier molecular flexibility index (Phi) is 7.98. The van der Waals surface area contributed by atoms with Gasteiger partial charge in [0.2, 0.25) is 0 Å². The van der Waals surface area contributed by atoms with Gasteiger partial charge in [0.05, 0.1) is 34.5 Å². The minimum Gasteiger partial charge on any atom is -0.465 e. The number of esters is 1. The molecule has 3 rings (SSSR count). The summed E-state index contributed by atoms with van der Waals surface area (Å²) in [6.07, 6.45) is -4.61. The molecule has 36 heavy (non-hydrogen) atoms. The maximum absolute atomic E-state index is 13.6. The SMILES string of the molecule is COC(=O)c1ccc(CN(C)c2cc(C(F)(F)F)ccc2N(C(C)C)S(=O)(=O)c2ccccc2)cc1. The van der Waals surface area contributed by atoms with Crippen LogP contribution in [0.5, 0.6) is 0 Å². The van der Waals surface area contributed by atoms with Gasteiger partial charge in [-0.3, -0.25) is 4.31 Å². The van der Waals surface area contributed by atoms with Crippen LogP contribution in [-0.2, 0) is 27.5 Å². The van der Waals surface area contributed by atoms with Crippen molar-refractivity contribution in [3.05, 3.63) is 89.5 Å². The van der Waals surface area contributed by atoms with Gasteiger partial charge in [-0.2, -0.15) is 13.2 Å². The summed E-state index contributed by atoms with van der Waals surface area (Å²) in [6.45, 7) is 3.48. The fourth-order valence-corrected chi connectivity index (χ4v) is 5.50. The molecule has 6 nitrogen and oxygen atoms in total. The smallest absolute Gasteiger partial charge is 0.416 e. The number of alkyl halides is 3. The van der Waals surface area contributed by atoms with Gasteiger partial charge < -0.3 is 9.64 Å². The summed E-state index contributed by atoms with van der Waals surface area (Å²) in [4.78, 5) is 13.3. The fourth-order valence-electron chi connectivity index (χ4n) is 3.81. The van der Waals surface area contributed by atoms with Crippen molar-refractivity contribution in [1.29, 1.82) is 0 Å². The first-order valence-electron chi connectivity index (χ1n) is 11.1. The molecule has 0 heterocycles. The molecule has 0 saturated carbocycles. The number of nitrogens with zero attached hydrogens (tertiary/aromatic N) is 2. The molecule has 0 bridgehead atoms. The molecule has 0 spiro atoms. The minimum atomic E-state index is -4.61. The topological polar surface area (TPSA) is 66.9 Å². The third kappa shape index (κ3) is 5.81. The van der Waals surface area contributed by atoms with E-state index >= 15 is 0 Å². The molecular formula is C26H27F3N2O4S. The highest BCUT2D eigenvalue weighted by Crippen LogP contribution is 2.40. The first kappa shape index (κ1) is 27.1. The van der Waals surface area contributed by atoms with Crippen molar-refractivity contribution < 1.29 is 31.1 Å². The number of anilines is 2. The normalized spacial score (nSPS) is 11.9. The van der Waals surface area contributed by atoms with Gasteiger partial charge in [-0.05, 0) is 61.9 Å². The van der Waals surface area contributed by atoms with Gasteiger partial charge in [0.25, 0.3) is 10.0 Å². The van der Waals surface area contributed by atoms with Crippen molar-refractivity contribution in [1.82, 2.24) is 0 Å². The number of carbonyl (C=O) groups excluding carboxylic acids is 1. The Morgan fingerprint density at radius 1 is 0.944 bits per heavy atom. The largest absolute Gasteiger partial charge is 0.465 e. The van der Waals surface area contributed by atoms with Crippen LogP contribution in [0.4, 0.5) is 24.5 Å². The molecule has 0 N–H and O–H groups in total. The van der Waals surface area contributed by atoms with E-state index in [-0.39, 0.29) is 22.8 Å². The van der Waals surface area contributed by atoms with E-state index in [1.165, 1.54) is 25.3 Å². The van der Waals surface area contributed by atoms with Crippen molar-refractivity contribution in [3.63, 3.8) is 0 Å². The highest BCUT2D eigenvalue weighted by molar-refractivity contribution is 7.92. The molecule has 0 fully saturated rings. The zero-order valence-electron chi connectivity index (χ0n) is 20.3. The molecule has 0 aliphatic rings. The van der Waals surface area contributed by atoms with Crippen LogP contribution in [0.25, 0.3) is 0 Å². The van der Waals surface area contributed by atoms with E-state index in [4.69, 9.17) is 0 Å². The van der Waals surface area contributed by atoms with E-state index in [2.05, 4.69) is 4.74 Å². The number of ether oxygens (including phenoxy) is 1. The van der Waals surface area contributed by atoms with Crippen LogP contribution >= 0.6 is 0 Å². The van der Waals surface area contributed by atoms with E-state index in [9.17, 15) is 26.4 Å². The Balaban J connectivity index is 2.10. The molecule has 3 aromatic carbocycles. The molecule has 0 radical (unpaired) electrons. The average Bonchev–Trinajstić information content (AvgIpc) is 2.83. The van der Waals surface area contributed by atoms with Gasteiger partial charge in [0.1, 0.15) is 0 Å². The number of carbonyl (C=O) groups is 1. The Hall–Kier alpha value is -3.53. The lowest BCUT2D eigenvalue weighted by molar-refractivity contribution is -0.137. The van der Waals surface area contributed by atoms with Crippen LogP contribution < -0.4 is 9.21 Å². The van der Waals surface area contributed by atoms with Gasteiger partial charge in [0.15, 0.2) is 0 Å². The minimum absolute atomic E-state index is 0.0330. The standard InChI is InChI=1S/C26H27F3N2O4S/c1-18(2)31(36(33,34)22-8-6-5-7-9-22)23-15-14-21(26(27,28)29)16-24(23)30(3)17-19-10-12-20(13-11-19)25(32)35-4/h5-16,18H,17H2,1-4H3. The predicted molar refractivity (Wildman–Crippen MR) is 133 cm³/mol. The Morgan fingerprint density at radius 3 is 2.08 bits per heavy atom. The Morgan fingerprint density at radius 2 is 1.56 bits per heavy atom. The molecule has 0 saturated heterocycles. The number of benzene rings is 3. The highest BCUT2D eigenvalue weighted by atomic mass is 32.2. The van der Waals surface area contributed by atoms with E-state index in [1.54, 1.807) is 68.3 Å². The zero-order chi connectivity index (χ0) is 26.7. The molecule has 10 heteroatoms. The van der Waals surface area contributed by atoms with Crippen LogP contribution in [0.2, 0.25) is 0 Å². The van der Waals surface area contributed by atoms with E-state index in [0.717, 1.165) is 16.4 Å². The van der Waals surface area contributed by atoms with Gasteiger partial charge in [-0.15, -0.1) is 0 Å². The van der Waals surface area contributed by atoms with Crippen molar-refractivity contribution in [2.75, 3.05) is 23.4 Å². The molecule has 3 aromatic rings. The molecule has 0 aliphatic carbocycles. The molecule has 0 unspecified atom stereocenters. The van der Waals surface area contributed by atoms with Crippen molar-refractivity contribution in [2.45, 2.75) is 37.5 Å². The third-order valence-electron chi connectivity index (χ3n) is 5.52. The van der Waals surface area contributed by atoms with Crippen LogP contribution in [0.1, 0.15) is 35.3 Å². The maximum Gasteiger partial charge on any atom is 0.416 e. The van der Waals surface area contributed by atoms with Gasteiger partial charge in [-0.1, -0.05) is 30.3 Å². The van der Waals surface area contributed by atoms with Crippen molar-refractivity contribution in [2.24, 2.45) is 0 Å². The molecule has 0 atom stereocenters. The second kappa shape index (κ2) is 10.6. The average molecular weight is 521 g/mol. The van der Waals surface area contributed by atoms with Crippen molar-refractivity contribution >= 4 is 27.4 Å². The molecular weight excluding hydrogens is 493 g/mol.